The molecule has 0 aromatic carbocycles. The van der Waals surface area contributed by atoms with Crippen LogP contribution in [0.1, 0.15) is 45.4 Å². The molecule has 1 rings (SSSR count). The third-order valence-corrected chi connectivity index (χ3v) is 1.50. The van der Waals surface area contributed by atoms with E-state index in [1.807, 2.05) is 0 Å². The zero-order valence-electron chi connectivity index (χ0n) is 6.40. The van der Waals surface area contributed by atoms with Crippen LogP contribution in [0.15, 0.2) is 0 Å². The third kappa shape index (κ3) is 7.96. The third-order valence-electron chi connectivity index (χ3n) is 1.50. The lowest BCUT2D eigenvalue weighted by atomic mass is 10.0. The summed E-state index contributed by atoms with van der Waals surface area (Å²) < 4.78 is 0. The van der Waals surface area contributed by atoms with Crippen LogP contribution in [0.4, 0.5) is 0 Å². The van der Waals surface area contributed by atoms with Crippen LogP contribution in [0.5, 0.6) is 0 Å². The predicted molar refractivity (Wildman–Crippen MR) is 40.5 cm³/mol. The molecule has 1 N–H and O–H groups in total. The number of aliphatic hydroxyl groups excluding tert-OH is 1. The lowest BCUT2D eigenvalue weighted by Gasteiger charge is -2.05. The first-order valence-electron chi connectivity index (χ1n) is 4.02. The Labute approximate surface area is 58.1 Å². The highest BCUT2D eigenvalue weighted by atomic mass is 16.2. The van der Waals surface area contributed by atoms with Crippen LogP contribution in [-0.4, -0.2) is 11.7 Å². The Morgan fingerprint density at radius 2 is 1.00 bits per heavy atom. The van der Waals surface area contributed by atoms with Crippen LogP contribution in [0.2, 0.25) is 0 Å². The summed E-state index contributed by atoms with van der Waals surface area (Å²) in [6.45, 7) is 1.93. The van der Waals surface area contributed by atoms with Gasteiger partial charge in [-0.3, -0.25) is 0 Å². The second-order valence-electron chi connectivity index (χ2n) is 2.44. The smallest absolute Gasteiger partial charge is 0.0402 e. The number of aliphatic hydroxyl groups is 1. The normalized spacial score (nSPS) is 18.0. The molecule has 0 unspecified atom stereocenters. The molecule has 56 valence electrons. The topological polar surface area (TPSA) is 20.2 Å². The quantitative estimate of drug-likeness (QED) is 0.533. The number of hydrogen-bond donors (Lipinski definition) is 1. The minimum Gasteiger partial charge on any atom is -0.397 e. The van der Waals surface area contributed by atoms with Gasteiger partial charge in [0.25, 0.3) is 0 Å². The van der Waals surface area contributed by atoms with Crippen molar-refractivity contribution in [1.82, 2.24) is 0 Å². The van der Waals surface area contributed by atoms with E-state index in [4.69, 9.17) is 5.11 Å². The Morgan fingerprint density at radius 3 is 1.11 bits per heavy atom. The van der Waals surface area contributed by atoms with Gasteiger partial charge in [0.05, 0.1) is 0 Å². The second kappa shape index (κ2) is 7.96. The summed E-state index contributed by atoms with van der Waals surface area (Å²) in [6, 6.07) is 0. The van der Waals surface area contributed by atoms with Crippen molar-refractivity contribution in [3.63, 3.8) is 0 Å². The van der Waals surface area contributed by atoms with Gasteiger partial charge in [0.1, 0.15) is 0 Å². The molecule has 0 saturated heterocycles. The van der Waals surface area contributed by atoms with Crippen LogP contribution in [0, 0.1) is 0 Å². The highest BCUT2D eigenvalue weighted by molar-refractivity contribution is 4.51. The maximum Gasteiger partial charge on any atom is 0.0402 e. The molecule has 1 aliphatic carbocycles. The van der Waals surface area contributed by atoms with Gasteiger partial charge in [0.2, 0.25) is 0 Å². The fourth-order valence-electron chi connectivity index (χ4n) is 1.06. The fourth-order valence-corrected chi connectivity index (χ4v) is 1.06. The van der Waals surface area contributed by atoms with E-state index in [1.165, 1.54) is 38.5 Å². The molecule has 0 atom stereocenters. The molecule has 0 spiro atoms. The van der Waals surface area contributed by atoms with E-state index in [9.17, 15) is 0 Å². The summed E-state index contributed by atoms with van der Waals surface area (Å²) in [5.74, 6) is 0. The monoisotopic (exact) mass is 130 g/mol. The number of hydrogen-bond acceptors (Lipinski definition) is 1. The molecular weight excluding hydrogens is 112 g/mol. The van der Waals surface area contributed by atoms with Gasteiger partial charge in [-0.15, -0.1) is 0 Å². The van der Waals surface area contributed by atoms with Gasteiger partial charge in [0.15, 0.2) is 0 Å². The number of rotatable bonds is 0. The van der Waals surface area contributed by atoms with Crippen molar-refractivity contribution in [1.29, 1.82) is 0 Å². The first kappa shape index (κ1) is 8.96. The summed E-state index contributed by atoms with van der Waals surface area (Å²) in [7, 11) is 0. The standard InChI is InChI=1S/C6H12.C2H6O/c1-2-4-6-5-3-1;1-2-3/h1-6H2;3H,2H2,1H3. The Hall–Kier alpha value is -0.0400. The molecule has 0 heterocycles. The molecule has 0 aromatic rings. The predicted octanol–water partition coefficient (Wildman–Crippen LogP) is 2.34. The van der Waals surface area contributed by atoms with Crippen LogP contribution in [-0.2, 0) is 0 Å². The Balaban J connectivity index is 0.000000187. The van der Waals surface area contributed by atoms with E-state index >= 15 is 0 Å². The average Bonchev–Trinajstić information content (AvgIpc) is 1.93. The Kier molecular flexibility index (Phi) is 7.92. The molecule has 1 heteroatoms. The molecule has 0 aromatic heterocycles. The Morgan fingerprint density at radius 1 is 0.889 bits per heavy atom. The summed E-state index contributed by atoms with van der Waals surface area (Å²) in [6.07, 6.45) is 9.00. The molecule has 1 nitrogen and oxygen atoms in total. The van der Waals surface area contributed by atoms with Gasteiger partial charge in [-0.1, -0.05) is 38.5 Å². The molecular formula is C8H18O. The average molecular weight is 130 g/mol. The van der Waals surface area contributed by atoms with Crippen LogP contribution in [0.3, 0.4) is 0 Å². The van der Waals surface area contributed by atoms with Crippen molar-refractivity contribution in [3.05, 3.63) is 0 Å². The zero-order chi connectivity index (χ0) is 6.95. The van der Waals surface area contributed by atoms with Gasteiger partial charge < -0.3 is 5.11 Å². The molecule has 0 aliphatic heterocycles. The molecule has 0 bridgehead atoms. The van der Waals surface area contributed by atoms with Crippen molar-refractivity contribution in [3.8, 4) is 0 Å². The molecule has 1 fully saturated rings. The van der Waals surface area contributed by atoms with Gasteiger partial charge in [-0.05, 0) is 6.92 Å². The van der Waals surface area contributed by atoms with Crippen LogP contribution >= 0.6 is 0 Å². The summed E-state index contributed by atoms with van der Waals surface area (Å²) in [5.41, 5.74) is 0. The van der Waals surface area contributed by atoms with Crippen LogP contribution < -0.4 is 0 Å². The highest BCUT2D eigenvalue weighted by Gasteiger charge is 1.95. The van der Waals surface area contributed by atoms with Gasteiger partial charge in [-0.2, -0.15) is 0 Å². The second-order valence-corrected chi connectivity index (χ2v) is 2.44. The highest BCUT2D eigenvalue weighted by Crippen LogP contribution is 2.15. The SMILES string of the molecule is C1CCCCC1.CCO. The fraction of sp³-hybridized carbons (Fsp3) is 1.00. The first-order valence-corrected chi connectivity index (χ1v) is 4.02. The van der Waals surface area contributed by atoms with Crippen molar-refractivity contribution in [2.24, 2.45) is 0 Å². The maximum atomic E-state index is 7.57. The lowest BCUT2D eigenvalue weighted by molar-refractivity contribution is 0.318. The maximum absolute atomic E-state index is 7.57. The molecule has 9 heavy (non-hydrogen) atoms. The molecule has 1 saturated carbocycles. The zero-order valence-corrected chi connectivity index (χ0v) is 6.40. The minimum absolute atomic E-state index is 0.250. The van der Waals surface area contributed by atoms with E-state index in [-0.39, 0.29) is 6.61 Å². The summed E-state index contributed by atoms with van der Waals surface area (Å²) >= 11 is 0. The molecule has 0 radical (unpaired) electrons. The lowest BCUT2D eigenvalue weighted by Crippen LogP contribution is -1.85. The van der Waals surface area contributed by atoms with Crippen molar-refractivity contribution >= 4 is 0 Å². The summed E-state index contributed by atoms with van der Waals surface area (Å²) in [5, 5.41) is 7.57. The largest absolute Gasteiger partial charge is 0.397 e. The first-order chi connectivity index (χ1) is 4.41. The van der Waals surface area contributed by atoms with E-state index in [1.54, 1.807) is 6.92 Å². The van der Waals surface area contributed by atoms with E-state index in [0.29, 0.717) is 0 Å². The van der Waals surface area contributed by atoms with E-state index in [2.05, 4.69) is 0 Å². The van der Waals surface area contributed by atoms with Gasteiger partial charge in [-0.25, -0.2) is 0 Å². The van der Waals surface area contributed by atoms with Crippen molar-refractivity contribution < 1.29 is 5.11 Å². The van der Waals surface area contributed by atoms with Gasteiger partial charge in [0, 0.05) is 6.61 Å². The minimum atomic E-state index is 0.250. The molecule has 1 aliphatic rings. The van der Waals surface area contributed by atoms with Crippen molar-refractivity contribution in [2.45, 2.75) is 45.4 Å². The summed E-state index contributed by atoms with van der Waals surface area (Å²) in [4.78, 5) is 0. The van der Waals surface area contributed by atoms with Gasteiger partial charge >= 0.3 is 0 Å². The van der Waals surface area contributed by atoms with Crippen LogP contribution in [0.25, 0.3) is 0 Å². The van der Waals surface area contributed by atoms with E-state index < -0.39 is 0 Å². The van der Waals surface area contributed by atoms with E-state index in [0.717, 1.165) is 0 Å². The molecule has 0 amide bonds. The Bertz CT molecular complexity index is 28.3. The van der Waals surface area contributed by atoms with Crippen molar-refractivity contribution in [2.75, 3.05) is 6.61 Å².